The summed E-state index contributed by atoms with van der Waals surface area (Å²) in [6.45, 7) is 5.71. The molecule has 0 radical (unpaired) electrons. The van der Waals surface area contributed by atoms with Crippen LogP contribution >= 0.6 is 0 Å². The normalized spacial score (nSPS) is 11.2. The van der Waals surface area contributed by atoms with Crippen molar-refractivity contribution in [3.63, 3.8) is 0 Å². The van der Waals surface area contributed by atoms with Gasteiger partial charge in [-0.15, -0.1) is 0 Å². The van der Waals surface area contributed by atoms with E-state index in [9.17, 15) is 4.79 Å². The molecule has 0 fully saturated rings. The first-order valence-corrected chi connectivity index (χ1v) is 10.9. The molecule has 0 bridgehead atoms. The molecule has 1 aromatic heterocycles. The monoisotopic (exact) mass is 371 g/mol. The van der Waals surface area contributed by atoms with Gasteiger partial charge in [0.2, 0.25) is 5.91 Å². The number of fused-ring (bicyclic) bond motifs is 1. The molecule has 0 atom stereocenters. The molecule has 0 aliphatic carbocycles. The number of benzene rings is 1. The van der Waals surface area contributed by atoms with Crippen LogP contribution in [0.2, 0.25) is 0 Å². The van der Waals surface area contributed by atoms with Crippen molar-refractivity contribution < 1.29 is 4.79 Å². The molecule has 2 rings (SSSR count). The van der Waals surface area contributed by atoms with E-state index in [2.05, 4.69) is 41.1 Å². The van der Waals surface area contributed by atoms with E-state index in [4.69, 9.17) is 4.98 Å². The van der Waals surface area contributed by atoms with Crippen LogP contribution in [0.4, 0.5) is 0 Å². The number of rotatable bonds is 14. The maximum Gasteiger partial charge on any atom is 0.216 e. The van der Waals surface area contributed by atoms with Gasteiger partial charge < -0.3 is 9.88 Å². The lowest BCUT2D eigenvalue weighted by molar-refractivity contribution is -0.118. The highest BCUT2D eigenvalue weighted by Gasteiger charge is 2.09. The van der Waals surface area contributed by atoms with E-state index in [1.165, 1.54) is 56.3 Å². The van der Waals surface area contributed by atoms with Crippen molar-refractivity contribution in [1.29, 1.82) is 0 Å². The van der Waals surface area contributed by atoms with Crippen LogP contribution in [0, 0.1) is 0 Å². The summed E-state index contributed by atoms with van der Waals surface area (Å²) in [5.41, 5.74) is 2.39. The third kappa shape index (κ3) is 7.74. The molecule has 4 nitrogen and oxygen atoms in total. The van der Waals surface area contributed by atoms with Crippen LogP contribution in [-0.2, 0) is 17.8 Å². The van der Waals surface area contributed by atoms with Gasteiger partial charge in [0.1, 0.15) is 5.82 Å². The van der Waals surface area contributed by atoms with Crippen molar-refractivity contribution in [2.45, 2.75) is 91.0 Å². The Kier molecular flexibility index (Phi) is 9.96. The van der Waals surface area contributed by atoms with E-state index < -0.39 is 0 Å². The average molecular weight is 372 g/mol. The molecular formula is C23H37N3O. The van der Waals surface area contributed by atoms with Gasteiger partial charge in [-0.3, -0.25) is 4.79 Å². The Morgan fingerprint density at radius 1 is 0.963 bits per heavy atom. The molecule has 2 aromatic rings. The lowest BCUT2D eigenvalue weighted by Crippen LogP contribution is -2.20. The van der Waals surface area contributed by atoms with Crippen molar-refractivity contribution in [3.8, 4) is 0 Å². The summed E-state index contributed by atoms with van der Waals surface area (Å²) in [4.78, 5) is 15.8. The number of hydrogen-bond acceptors (Lipinski definition) is 2. The first-order chi connectivity index (χ1) is 13.2. The second-order valence-electron chi connectivity index (χ2n) is 7.58. The van der Waals surface area contributed by atoms with E-state index in [1.807, 2.05) is 0 Å². The fourth-order valence-corrected chi connectivity index (χ4v) is 3.64. The molecule has 0 aliphatic heterocycles. The fourth-order valence-electron chi connectivity index (χ4n) is 3.64. The number of aryl methyl sites for hydroxylation is 2. The van der Waals surface area contributed by atoms with Gasteiger partial charge >= 0.3 is 0 Å². The van der Waals surface area contributed by atoms with Crippen molar-refractivity contribution in [2.75, 3.05) is 6.54 Å². The minimum absolute atomic E-state index is 0.0616. The van der Waals surface area contributed by atoms with Crippen molar-refractivity contribution >= 4 is 16.9 Å². The number of carbonyl (C=O) groups excluding carboxylic acids is 1. The number of amides is 1. The number of carbonyl (C=O) groups is 1. The first-order valence-electron chi connectivity index (χ1n) is 10.9. The van der Waals surface area contributed by atoms with Gasteiger partial charge in [-0.05, 0) is 31.4 Å². The van der Waals surface area contributed by atoms with Gasteiger partial charge in [0.15, 0.2) is 0 Å². The van der Waals surface area contributed by atoms with Crippen molar-refractivity contribution in [3.05, 3.63) is 30.1 Å². The average Bonchev–Trinajstić information content (AvgIpc) is 3.01. The molecule has 27 heavy (non-hydrogen) atoms. The van der Waals surface area contributed by atoms with E-state index in [1.54, 1.807) is 6.92 Å². The van der Waals surface area contributed by atoms with E-state index in [0.29, 0.717) is 0 Å². The lowest BCUT2D eigenvalue weighted by atomic mass is 10.1. The number of nitrogens with zero attached hydrogens (tertiary/aromatic N) is 2. The van der Waals surface area contributed by atoms with Gasteiger partial charge in [-0.2, -0.15) is 0 Å². The Morgan fingerprint density at radius 2 is 1.67 bits per heavy atom. The van der Waals surface area contributed by atoms with Crippen LogP contribution in [0.5, 0.6) is 0 Å². The molecule has 4 heteroatoms. The molecule has 1 N–H and O–H groups in total. The zero-order valence-electron chi connectivity index (χ0n) is 17.3. The second kappa shape index (κ2) is 12.5. The van der Waals surface area contributed by atoms with Crippen LogP contribution in [0.1, 0.15) is 83.9 Å². The summed E-state index contributed by atoms with van der Waals surface area (Å²) in [6, 6.07) is 8.51. The van der Waals surface area contributed by atoms with E-state index in [-0.39, 0.29) is 5.91 Å². The topological polar surface area (TPSA) is 46.9 Å². The summed E-state index contributed by atoms with van der Waals surface area (Å²) >= 11 is 0. The highest BCUT2D eigenvalue weighted by atomic mass is 16.1. The maximum atomic E-state index is 10.9. The SMILES string of the molecule is CCCCCCCCCn1c(CCCCCNC(C)=O)nc2ccccc21. The predicted molar refractivity (Wildman–Crippen MR) is 114 cm³/mol. The number of para-hydroxylation sites is 2. The molecule has 0 spiro atoms. The third-order valence-corrected chi connectivity index (χ3v) is 5.17. The highest BCUT2D eigenvalue weighted by molar-refractivity contribution is 5.75. The molecule has 0 aliphatic rings. The number of hydrogen-bond donors (Lipinski definition) is 1. The van der Waals surface area contributed by atoms with Crippen molar-refractivity contribution in [2.24, 2.45) is 0 Å². The van der Waals surface area contributed by atoms with Crippen LogP contribution < -0.4 is 5.32 Å². The Labute approximate surface area is 164 Å². The zero-order valence-corrected chi connectivity index (χ0v) is 17.3. The lowest BCUT2D eigenvalue weighted by Gasteiger charge is -2.09. The van der Waals surface area contributed by atoms with E-state index >= 15 is 0 Å². The van der Waals surface area contributed by atoms with Crippen LogP contribution in [0.25, 0.3) is 11.0 Å². The number of imidazole rings is 1. The largest absolute Gasteiger partial charge is 0.356 e. The molecule has 1 heterocycles. The van der Waals surface area contributed by atoms with Gasteiger partial charge in [0.25, 0.3) is 0 Å². The van der Waals surface area contributed by atoms with Crippen LogP contribution in [0.15, 0.2) is 24.3 Å². The number of nitrogens with one attached hydrogen (secondary N) is 1. The maximum absolute atomic E-state index is 10.9. The predicted octanol–water partition coefficient (Wildman–Crippen LogP) is 5.64. The van der Waals surface area contributed by atoms with Crippen molar-refractivity contribution in [1.82, 2.24) is 14.9 Å². The first kappa shape index (κ1) is 21.5. The third-order valence-electron chi connectivity index (χ3n) is 5.17. The number of aromatic nitrogens is 2. The smallest absolute Gasteiger partial charge is 0.216 e. The quantitative estimate of drug-likeness (QED) is 0.437. The van der Waals surface area contributed by atoms with Crippen LogP contribution in [0.3, 0.4) is 0 Å². The summed E-state index contributed by atoms with van der Waals surface area (Å²) < 4.78 is 2.44. The van der Waals surface area contributed by atoms with Gasteiger partial charge in [-0.1, -0.05) is 64.0 Å². The molecule has 0 unspecified atom stereocenters. The van der Waals surface area contributed by atoms with Gasteiger partial charge in [0, 0.05) is 26.4 Å². The van der Waals surface area contributed by atoms with Crippen LogP contribution in [-0.4, -0.2) is 22.0 Å². The molecule has 1 aromatic carbocycles. The molecular weight excluding hydrogens is 334 g/mol. The molecule has 0 saturated carbocycles. The second-order valence-corrected chi connectivity index (χ2v) is 7.58. The number of unbranched alkanes of at least 4 members (excludes halogenated alkanes) is 8. The molecule has 150 valence electrons. The minimum atomic E-state index is 0.0616. The Balaban J connectivity index is 1.82. The Hall–Kier alpha value is -1.84. The summed E-state index contributed by atoms with van der Waals surface area (Å²) in [5.74, 6) is 1.29. The molecule has 0 saturated heterocycles. The van der Waals surface area contributed by atoms with Gasteiger partial charge in [-0.25, -0.2) is 4.98 Å². The Morgan fingerprint density at radius 3 is 2.44 bits per heavy atom. The minimum Gasteiger partial charge on any atom is -0.356 e. The Bertz CT molecular complexity index is 677. The van der Waals surface area contributed by atoms with Gasteiger partial charge in [0.05, 0.1) is 11.0 Å². The fraction of sp³-hybridized carbons (Fsp3) is 0.652. The summed E-state index contributed by atoms with van der Waals surface area (Å²) in [7, 11) is 0. The zero-order chi connectivity index (χ0) is 19.3. The summed E-state index contributed by atoms with van der Waals surface area (Å²) in [5, 5.41) is 2.87. The standard InChI is InChI=1S/C23H37N3O/c1-3-4-5-6-7-8-14-19-26-22-16-12-11-15-21(22)25-23(26)17-10-9-13-18-24-20(2)27/h11-12,15-16H,3-10,13-14,17-19H2,1-2H3,(H,24,27). The molecule has 1 amide bonds. The van der Waals surface area contributed by atoms with E-state index in [0.717, 1.165) is 44.3 Å². The highest BCUT2D eigenvalue weighted by Crippen LogP contribution is 2.19. The summed E-state index contributed by atoms with van der Waals surface area (Å²) in [6.07, 6.45) is 13.7.